The normalized spacial score (nSPS) is 12.6. The third-order valence-corrected chi connectivity index (χ3v) is 4.13. The molecule has 0 aliphatic heterocycles. The summed E-state index contributed by atoms with van der Waals surface area (Å²) in [5.74, 6) is -1.70. The monoisotopic (exact) mass is 309 g/mol. The molecule has 0 radical (unpaired) electrons. The van der Waals surface area contributed by atoms with Crippen LogP contribution < -0.4 is 5.32 Å². The molecule has 0 spiro atoms. The first-order valence-electron chi connectivity index (χ1n) is 6.59. The minimum absolute atomic E-state index is 0.155. The van der Waals surface area contributed by atoms with Crippen LogP contribution in [0.5, 0.6) is 0 Å². The number of halogens is 1. The summed E-state index contributed by atoms with van der Waals surface area (Å²) in [4.78, 5) is 23.7. The van der Waals surface area contributed by atoms with Gasteiger partial charge in [0.1, 0.15) is 11.9 Å². The van der Waals surface area contributed by atoms with E-state index in [1.54, 1.807) is 12.1 Å². The zero-order valence-corrected chi connectivity index (χ0v) is 12.5. The largest absolute Gasteiger partial charge is 0.480 e. The van der Waals surface area contributed by atoms with E-state index in [4.69, 9.17) is 5.11 Å². The quantitative estimate of drug-likeness (QED) is 0.891. The molecule has 0 fully saturated rings. The number of benzene rings is 1. The smallest absolute Gasteiger partial charge is 0.326 e. The van der Waals surface area contributed by atoms with E-state index in [1.165, 1.54) is 23.5 Å². The van der Waals surface area contributed by atoms with Gasteiger partial charge in [-0.25, -0.2) is 9.18 Å². The van der Waals surface area contributed by atoms with Crippen LogP contribution in [0.4, 0.5) is 4.39 Å². The second kappa shape index (κ2) is 6.22. The van der Waals surface area contributed by atoms with Crippen LogP contribution in [0.3, 0.4) is 0 Å². The van der Waals surface area contributed by atoms with E-state index < -0.39 is 17.9 Å². The van der Waals surface area contributed by atoms with Gasteiger partial charge in [-0.2, -0.15) is 0 Å². The van der Waals surface area contributed by atoms with Crippen molar-refractivity contribution in [3.63, 3.8) is 0 Å². The molecule has 0 aliphatic carbocycles. The maximum absolute atomic E-state index is 13.1. The maximum atomic E-state index is 13.1. The fourth-order valence-electron chi connectivity index (χ4n) is 2.05. The van der Waals surface area contributed by atoms with Crippen LogP contribution in [0, 0.1) is 11.7 Å². The van der Waals surface area contributed by atoms with E-state index in [-0.39, 0.29) is 11.7 Å². The molecule has 0 aliphatic rings. The highest BCUT2D eigenvalue weighted by atomic mass is 32.1. The van der Waals surface area contributed by atoms with Crippen molar-refractivity contribution in [2.45, 2.75) is 26.3 Å². The van der Waals surface area contributed by atoms with Crippen molar-refractivity contribution >= 4 is 33.3 Å². The van der Waals surface area contributed by atoms with Crippen molar-refractivity contribution < 1.29 is 19.1 Å². The van der Waals surface area contributed by atoms with Gasteiger partial charge in [-0.05, 0) is 42.0 Å². The highest BCUT2D eigenvalue weighted by molar-refractivity contribution is 7.20. The summed E-state index contributed by atoms with van der Waals surface area (Å²) in [5, 5.41) is 12.3. The summed E-state index contributed by atoms with van der Waals surface area (Å²) in [6.07, 6.45) is 0.362. The minimum Gasteiger partial charge on any atom is -0.480 e. The molecule has 0 saturated carbocycles. The van der Waals surface area contributed by atoms with Gasteiger partial charge in [-0.1, -0.05) is 13.8 Å². The van der Waals surface area contributed by atoms with E-state index >= 15 is 0 Å². The van der Waals surface area contributed by atoms with Gasteiger partial charge in [0, 0.05) is 4.70 Å². The molecule has 21 heavy (non-hydrogen) atoms. The van der Waals surface area contributed by atoms with Crippen LogP contribution in [0.2, 0.25) is 0 Å². The van der Waals surface area contributed by atoms with Gasteiger partial charge in [0.05, 0.1) is 4.88 Å². The van der Waals surface area contributed by atoms with Crippen molar-refractivity contribution in [1.82, 2.24) is 5.32 Å². The number of carbonyl (C=O) groups is 2. The van der Waals surface area contributed by atoms with Crippen molar-refractivity contribution in [1.29, 1.82) is 0 Å². The van der Waals surface area contributed by atoms with Gasteiger partial charge in [-0.3, -0.25) is 4.79 Å². The lowest BCUT2D eigenvalue weighted by atomic mass is 10.0. The Morgan fingerprint density at radius 2 is 2.05 bits per heavy atom. The highest BCUT2D eigenvalue weighted by Crippen LogP contribution is 2.26. The maximum Gasteiger partial charge on any atom is 0.326 e. The number of rotatable bonds is 5. The molecule has 1 aromatic heterocycles. The predicted molar refractivity (Wildman–Crippen MR) is 80.1 cm³/mol. The summed E-state index contributed by atoms with van der Waals surface area (Å²) in [6.45, 7) is 3.79. The number of nitrogens with one attached hydrogen (secondary N) is 1. The van der Waals surface area contributed by atoms with E-state index in [2.05, 4.69) is 5.32 Å². The van der Waals surface area contributed by atoms with Crippen molar-refractivity contribution in [2.24, 2.45) is 5.92 Å². The number of carboxylic acid groups (broad SMARTS) is 1. The van der Waals surface area contributed by atoms with Crippen molar-refractivity contribution in [3.8, 4) is 0 Å². The summed E-state index contributed by atoms with van der Waals surface area (Å²) in [5.41, 5.74) is 0. The standard InChI is InChI=1S/C15H16FNO3S/c1-8(2)5-11(15(19)20)17-14(18)13-7-9-6-10(16)3-4-12(9)21-13/h3-4,6-8,11H,5H2,1-2H3,(H,17,18)(H,19,20)/t11-/m0/s1. The second-order valence-corrected chi connectivity index (χ2v) is 6.37. The van der Waals surface area contributed by atoms with Crippen LogP contribution in [0.15, 0.2) is 24.3 Å². The van der Waals surface area contributed by atoms with Gasteiger partial charge in [0.15, 0.2) is 0 Å². The minimum atomic E-state index is -1.05. The third kappa shape index (κ3) is 3.78. The predicted octanol–water partition coefficient (Wildman–Crippen LogP) is 3.27. The second-order valence-electron chi connectivity index (χ2n) is 5.29. The zero-order chi connectivity index (χ0) is 15.6. The van der Waals surface area contributed by atoms with Gasteiger partial charge in [0.2, 0.25) is 0 Å². The highest BCUT2D eigenvalue weighted by Gasteiger charge is 2.22. The average molecular weight is 309 g/mol. The molecule has 0 saturated heterocycles. The van der Waals surface area contributed by atoms with Gasteiger partial charge < -0.3 is 10.4 Å². The van der Waals surface area contributed by atoms with Gasteiger partial charge >= 0.3 is 5.97 Å². The zero-order valence-electron chi connectivity index (χ0n) is 11.7. The third-order valence-electron chi connectivity index (χ3n) is 3.01. The number of amides is 1. The lowest BCUT2D eigenvalue weighted by Gasteiger charge is -2.15. The number of fused-ring (bicyclic) bond motifs is 1. The van der Waals surface area contributed by atoms with Crippen LogP contribution in [0.1, 0.15) is 29.9 Å². The summed E-state index contributed by atoms with van der Waals surface area (Å²) < 4.78 is 13.9. The van der Waals surface area contributed by atoms with E-state index in [0.29, 0.717) is 16.7 Å². The number of hydrogen-bond donors (Lipinski definition) is 2. The molecule has 0 unspecified atom stereocenters. The first kappa shape index (κ1) is 15.4. The summed E-state index contributed by atoms with van der Waals surface area (Å²) in [6, 6.07) is 4.95. The molecule has 6 heteroatoms. The Morgan fingerprint density at radius 1 is 1.33 bits per heavy atom. The molecule has 1 amide bonds. The van der Waals surface area contributed by atoms with Gasteiger partial charge in [0.25, 0.3) is 5.91 Å². The fourth-order valence-corrected chi connectivity index (χ4v) is 2.99. The number of hydrogen-bond acceptors (Lipinski definition) is 3. The molecule has 1 atom stereocenters. The topological polar surface area (TPSA) is 66.4 Å². The molecule has 112 valence electrons. The van der Waals surface area contributed by atoms with Crippen LogP contribution >= 0.6 is 11.3 Å². The van der Waals surface area contributed by atoms with Crippen LogP contribution in [-0.4, -0.2) is 23.0 Å². The summed E-state index contributed by atoms with van der Waals surface area (Å²) >= 11 is 1.22. The van der Waals surface area contributed by atoms with E-state index in [0.717, 1.165) is 4.70 Å². The molecule has 4 nitrogen and oxygen atoms in total. The Labute approximate surface area is 125 Å². The number of aliphatic carboxylic acids is 1. The van der Waals surface area contributed by atoms with Crippen molar-refractivity contribution in [3.05, 3.63) is 35.0 Å². The molecular formula is C15H16FNO3S. The Morgan fingerprint density at radius 3 is 2.67 bits per heavy atom. The SMILES string of the molecule is CC(C)C[C@H](NC(=O)c1cc2cc(F)ccc2s1)C(=O)O. The lowest BCUT2D eigenvalue weighted by Crippen LogP contribution is -2.41. The molecule has 2 aromatic rings. The Kier molecular flexibility index (Phi) is 4.57. The first-order valence-corrected chi connectivity index (χ1v) is 7.41. The Bertz CT molecular complexity index is 681. The molecule has 2 N–H and O–H groups in total. The van der Waals surface area contributed by atoms with Gasteiger partial charge in [-0.15, -0.1) is 11.3 Å². The molecule has 1 aromatic carbocycles. The average Bonchev–Trinajstić information content (AvgIpc) is 2.80. The van der Waals surface area contributed by atoms with Crippen LogP contribution in [-0.2, 0) is 4.79 Å². The lowest BCUT2D eigenvalue weighted by molar-refractivity contribution is -0.139. The Hall–Kier alpha value is -1.95. The molecule has 2 rings (SSSR count). The summed E-state index contributed by atoms with van der Waals surface area (Å²) in [7, 11) is 0. The molecule has 0 bridgehead atoms. The van der Waals surface area contributed by atoms with E-state index in [9.17, 15) is 14.0 Å². The number of thiophene rings is 1. The first-order chi connectivity index (χ1) is 9.86. The molecular weight excluding hydrogens is 293 g/mol. The van der Waals surface area contributed by atoms with Crippen molar-refractivity contribution in [2.75, 3.05) is 0 Å². The fraction of sp³-hybridized carbons (Fsp3) is 0.333. The number of carbonyl (C=O) groups excluding carboxylic acids is 1. The Balaban J connectivity index is 2.19. The van der Waals surface area contributed by atoms with E-state index in [1.807, 2.05) is 13.8 Å². The van der Waals surface area contributed by atoms with Crippen LogP contribution in [0.25, 0.3) is 10.1 Å². The number of carboxylic acids is 1. The molecule has 1 heterocycles.